The smallest absolute Gasteiger partial charge is 0.358 e. The van der Waals surface area contributed by atoms with Gasteiger partial charge in [-0.05, 0) is 0 Å². The predicted molar refractivity (Wildman–Crippen MR) is 51.0 cm³/mol. The van der Waals surface area contributed by atoms with Crippen LogP contribution in [0.25, 0.3) is 0 Å². The van der Waals surface area contributed by atoms with Crippen molar-refractivity contribution in [3.8, 4) is 0 Å². The minimum Gasteiger partial charge on any atom is -0.358 e. The van der Waals surface area contributed by atoms with E-state index in [-0.39, 0.29) is 33.9 Å². The third-order valence-electron chi connectivity index (χ3n) is 2.56. The Bertz CT molecular complexity index is 219. The molecule has 1 heteroatoms. The van der Waals surface area contributed by atoms with Crippen LogP contribution >= 0.6 is 0 Å². The molecule has 1 aliphatic carbocycles. The van der Waals surface area contributed by atoms with Crippen molar-refractivity contribution in [1.82, 2.24) is 0 Å². The quantitative estimate of drug-likeness (QED) is 0.595. The zero-order chi connectivity index (χ0) is 7.94. The molecule has 0 heterocycles. The molecule has 12 heavy (non-hydrogen) atoms. The van der Waals surface area contributed by atoms with Crippen molar-refractivity contribution < 1.29 is 21.1 Å². The Balaban J connectivity index is 0. The van der Waals surface area contributed by atoms with Gasteiger partial charge in [0.25, 0.3) is 0 Å². The molecule has 0 amide bonds. The van der Waals surface area contributed by atoms with Gasteiger partial charge in [0, 0.05) is 0 Å². The molecular weight excluding hydrogens is 316 g/mol. The van der Waals surface area contributed by atoms with Crippen LogP contribution in [0.5, 0.6) is 0 Å². The Morgan fingerprint density at radius 1 is 1.08 bits per heavy atom. The fourth-order valence-corrected chi connectivity index (χ4v) is 1.41. The van der Waals surface area contributed by atoms with Crippen molar-refractivity contribution in [2.24, 2.45) is 5.41 Å². The number of rotatable bonds is 0. The van der Waals surface area contributed by atoms with E-state index in [0.717, 1.165) is 0 Å². The molecule has 0 N–H and O–H groups in total. The van der Waals surface area contributed by atoms with Crippen molar-refractivity contribution in [2.75, 3.05) is 0 Å². The van der Waals surface area contributed by atoms with Gasteiger partial charge in [0.1, 0.15) is 0 Å². The van der Waals surface area contributed by atoms with Crippen molar-refractivity contribution in [3.05, 3.63) is 30.2 Å². The van der Waals surface area contributed by atoms with Gasteiger partial charge >= 0.3 is 21.1 Å². The van der Waals surface area contributed by atoms with Gasteiger partial charge in [-0.2, -0.15) is 11.1 Å². The zero-order valence-electron chi connectivity index (χ0n) is 8.91. The molecule has 1 aliphatic rings. The molecule has 0 aromatic rings. The zero-order valence-corrected chi connectivity index (χ0v) is 11.8. The molecule has 0 aliphatic heterocycles. The van der Waals surface area contributed by atoms with E-state index >= 15 is 0 Å². The predicted octanol–water partition coefficient (Wildman–Crippen LogP) is 3.56. The molecule has 0 bridgehead atoms. The summed E-state index contributed by atoms with van der Waals surface area (Å²) in [7, 11) is 0. The summed E-state index contributed by atoms with van der Waals surface area (Å²) in [5.41, 5.74) is 4.39. The van der Waals surface area contributed by atoms with Gasteiger partial charge in [0.15, 0.2) is 0 Å². The topological polar surface area (TPSA) is 0 Å². The maximum absolute atomic E-state index is 3.44. The number of allylic oxidation sites excluding steroid dienone is 4. The van der Waals surface area contributed by atoms with Gasteiger partial charge in [-0.25, -0.2) is 5.57 Å². The summed E-state index contributed by atoms with van der Waals surface area (Å²) >= 11 is 0. The van der Waals surface area contributed by atoms with Gasteiger partial charge in [-0.15, -0.1) is 6.92 Å². The third kappa shape index (κ3) is 2.33. The molecule has 0 aromatic carbocycles. The largest absolute Gasteiger partial charge is 2.00 e. The van der Waals surface area contributed by atoms with Crippen LogP contribution in [0, 0.1) is 18.9 Å². The van der Waals surface area contributed by atoms with E-state index in [1.54, 1.807) is 0 Å². The first-order valence-electron chi connectivity index (χ1n) is 3.75. The van der Waals surface area contributed by atoms with Gasteiger partial charge < -0.3 is 7.43 Å². The van der Waals surface area contributed by atoms with E-state index in [1.165, 1.54) is 16.7 Å². The first-order chi connectivity index (χ1) is 4.45. The first kappa shape index (κ1) is 14.7. The Morgan fingerprint density at radius 3 is 1.58 bits per heavy atom. The second-order valence-corrected chi connectivity index (χ2v) is 3.62. The van der Waals surface area contributed by atoms with E-state index in [1.807, 2.05) is 0 Å². The normalized spacial score (nSPS) is 19.6. The van der Waals surface area contributed by atoms with Gasteiger partial charge in [-0.1, -0.05) is 33.1 Å². The Hall–Kier alpha value is 0.168. The average Bonchev–Trinajstić information content (AvgIpc) is 1.95. The fourth-order valence-electron chi connectivity index (χ4n) is 1.41. The molecule has 68 valence electrons. The van der Waals surface area contributed by atoms with Crippen molar-refractivity contribution in [2.45, 2.75) is 34.6 Å². The van der Waals surface area contributed by atoms with Crippen molar-refractivity contribution in [3.63, 3.8) is 0 Å². The van der Waals surface area contributed by atoms with Crippen LogP contribution in [-0.4, -0.2) is 0 Å². The summed E-state index contributed by atoms with van der Waals surface area (Å²) in [6, 6.07) is 0. The van der Waals surface area contributed by atoms with Crippen LogP contribution in [0.3, 0.4) is 0 Å². The second kappa shape index (κ2) is 4.42. The maximum atomic E-state index is 3.44. The standard InChI is InChI=1S/C10H15.CH3.W/c1-7-6-10(4,5)9(3)8(7)2;;/h1-5H3;1H3;/q2*-1;+2. The molecule has 0 fully saturated rings. The Morgan fingerprint density at radius 2 is 1.50 bits per heavy atom. The van der Waals surface area contributed by atoms with E-state index in [2.05, 4.69) is 40.7 Å². The molecule has 0 spiro atoms. The molecule has 0 nitrogen and oxygen atoms in total. The van der Waals surface area contributed by atoms with Gasteiger partial charge in [-0.3, -0.25) is 6.08 Å². The Kier molecular flexibility index (Phi) is 5.40. The van der Waals surface area contributed by atoms with E-state index in [9.17, 15) is 0 Å². The molecule has 0 atom stereocenters. The van der Waals surface area contributed by atoms with Crippen LogP contribution in [0.15, 0.2) is 16.7 Å². The SMILES string of the molecule is CC1=[C-]C(C)(C)C(C)=C1C.[CH3-].[W+2]. The van der Waals surface area contributed by atoms with Crippen molar-refractivity contribution >= 4 is 0 Å². The maximum Gasteiger partial charge on any atom is 2.00 e. The summed E-state index contributed by atoms with van der Waals surface area (Å²) in [6.07, 6.45) is 3.44. The first-order valence-corrected chi connectivity index (χ1v) is 3.75. The molecular formula is C11H18W. The fraction of sp³-hybridized carbons (Fsp3) is 0.545. The monoisotopic (exact) mass is 334 g/mol. The van der Waals surface area contributed by atoms with Gasteiger partial charge in [0.05, 0.1) is 0 Å². The van der Waals surface area contributed by atoms with Crippen molar-refractivity contribution in [1.29, 1.82) is 0 Å². The van der Waals surface area contributed by atoms with Crippen LogP contribution in [0.4, 0.5) is 0 Å². The summed E-state index contributed by atoms with van der Waals surface area (Å²) in [5.74, 6) is 0. The van der Waals surface area contributed by atoms with Crippen LogP contribution in [0.2, 0.25) is 0 Å². The van der Waals surface area contributed by atoms with Gasteiger partial charge in [0.2, 0.25) is 0 Å². The second-order valence-electron chi connectivity index (χ2n) is 3.62. The summed E-state index contributed by atoms with van der Waals surface area (Å²) < 4.78 is 0. The van der Waals surface area contributed by atoms with Crippen LogP contribution in [-0.2, 0) is 21.1 Å². The molecule has 0 saturated carbocycles. The molecule has 0 aromatic heterocycles. The minimum absolute atomic E-state index is 0. The van der Waals surface area contributed by atoms with E-state index in [0.29, 0.717) is 0 Å². The molecule has 0 unspecified atom stereocenters. The van der Waals surface area contributed by atoms with E-state index < -0.39 is 0 Å². The molecule has 1 rings (SSSR count). The summed E-state index contributed by atoms with van der Waals surface area (Å²) in [5, 5.41) is 0. The third-order valence-corrected chi connectivity index (χ3v) is 2.56. The van der Waals surface area contributed by atoms with E-state index in [4.69, 9.17) is 0 Å². The number of hydrogen-bond donors (Lipinski definition) is 0. The molecule has 0 saturated heterocycles. The minimum atomic E-state index is 0. The number of hydrogen-bond acceptors (Lipinski definition) is 0. The average molecular weight is 334 g/mol. The summed E-state index contributed by atoms with van der Waals surface area (Å²) in [6.45, 7) is 10.9. The van der Waals surface area contributed by atoms with Crippen LogP contribution in [0.1, 0.15) is 34.6 Å². The molecule has 0 radical (unpaired) electrons. The summed E-state index contributed by atoms with van der Waals surface area (Å²) in [4.78, 5) is 0. The Labute approximate surface area is 91.4 Å². The van der Waals surface area contributed by atoms with Crippen LogP contribution < -0.4 is 0 Å².